The average Bonchev–Trinajstić information content (AvgIpc) is 2.39. The first kappa shape index (κ1) is 11.7. The fourth-order valence-corrected chi connectivity index (χ4v) is 1.63. The van der Waals surface area contributed by atoms with Crippen LogP contribution in [0.4, 0.5) is 0 Å². The lowest BCUT2D eigenvalue weighted by Gasteiger charge is -2.08. The van der Waals surface area contributed by atoms with E-state index < -0.39 is 0 Å². The van der Waals surface area contributed by atoms with Crippen LogP contribution in [0.1, 0.15) is 30.6 Å². The summed E-state index contributed by atoms with van der Waals surface area (Å²) in [5.41, 5.74) is 2.95. The SMILES string of the molecule is CCC(O)c1ccc(-c2ncc(C)cn2)cc1. The molecule has 1 aromatic carbocycles. The second kappa shape index (κ2) is 5.06. The van der Waals surface area contributed by atoms with Crippen LogP contribution in [0, 0.1) is 6.92 Å². The van der Waals surface area contributed by atoms with Gasteiger partial charge in [0.2, 0.25) is 0 Å². The molecule has 0 aliphatic rings. The maximum absolute atomic E-state index is 9.70. The van der Waals surface area contributed by atoms with E-state index in [1.807, 2.05) is 38.1 Å². The van der Waals surface area contributed by atoms with Gasteiger partial charge in [-0.15, -0.1) is 0 Å². The first-order valence-corrected chi connectivity index (χ1v) is 5.77. The maximum atomic E-state index is 9.70. The van der Waals surface area contributed by atoms with Crippen molar-refractivity contribution in [3.63, 3.8) is 0 Å². The Morgan fingerprint density at radius 2 is 1.71 bits per heavy atom. The van der Waals surface area contributed by atoms with E-state index in [0.29, 0.717) is 5.82 Å². The molecule has 0 amide bonds. The topological polar surface area (TPSA) is 46.0 Å². The van der Waals surface area contributed by atoms with Gasteiger partial charge >= 0.3 is 0 Å². The van der Waals surface area contributed by atoms with Crippen molar-refractivity contribution < 1.29 is 5.11 Å². The van der Waals surface area contributed by atoms with Gasteiger partial charge in [-0.2, -0.15) is 0 Å². The third-order valence-corrected chi connectivity index (χ3v) is 2.72. The van der Waals surface area contributed by atoms with E-state index in [1.165, 1.54) is 0 Å². The van der Waals surface area contributed by atoms with Gasteiger partial charge in [-0.05, 0) is 24.5 Å². The third-order valence-electron chi connectivity index (χ3n) is 2.72. The van der Waals surface area contributed by atoms with E-state index in [4.69, 9.17) is 0 Å². The molecule has 3 heteroatoms. The zero-order chi connectivity index (χ0) is 12.3. The lowest BCUT2D eigenvalue weighted by molar-refractivity contribution is 0.173. The molecule has 0 spiro atoms. The number of aliphatic hydroxyl groups excluding tert-OH is 1. The zero-order valence-corrected chi connectivity index (χ0v) is 10.1. The summed E-state index contributed by atoms with van der Waals surface area (Å²) < 4.78 is 0. The molecule has 0 saturated carbocycles. The van der Waals surface area contributed by atoms with Gasteiger partial charge in [0, 0.05) is 18.0 Å². The third kappa shape index (κ3) is 2.68. The molecule has 0 bridgehead atoms. The fourth-order valence-electron chi connectivity index (χ4n) is 1.63. The number of nitrogens with zero attached hydrogens (tertiary/aromatic N) is 2. The van der Waals surface area contributed by atoms with Crippen LogP contribution in [-0.4, -0.2) is 15.1 Å². The molecule has 1 unspecified atom stereocenters. The Hall–Kier alpha value is -1.74. The summed E-state index contributed by atoms with van der Waals surface area (Å²) in [5.74, 6) is 0.716. The summed E-state index contributed by atoms with van der Waals surface area (Å²) in [5, 5.41) is 9.70. The molecule has 17 heavy (non-hydrogen) atoms. The quantitative estimate of drug-likeness (QED) is 0.878. The number of rotatable bonds is 3. The molecule has 0 fully saturated rings. The Morgan fingerprint density at radius 1 is 1.12 bits per heavy atom. The minimum atomic E-state index is -0.386. The smallest absolute Gasteiger partial charge is 0.159 e. The van der Waals surface area contributed by atoms with Gasteiger partial charge in [0.15, 0.2) is 5.82 Å². The Kier molecular flexibility index (Phi) is 3.49. The largest absolute Gasteiger partial charge is 0.388 e. The van der Waals surface area contributed by atoms with Crippen molar-refractivity contribution in [2.24, 2.45) is 0 Å². The standard InChI is InChI=1S/C14H16N2O/c1-3-13(17)11-4-6-12(7-5-11)14-15-8-10(2)9-16-14/h4-9,13,17H,3H2,1-2H3. The number of benzene rings is 1. The molecule has 0 aliphatic carbocycles. The highest BCUT2D eigenvalue weighted by Crippen LogP contribution is 2.20. The van der Waals surface area contributed by atoms with Crippen molar-refractivity contribution in [2.75, 3.05) is 0 Å². The molecule has 88 valence electrons. The predicted molar refractivity (Wildman–Crippen MR) is 67.5 cm³/mol. The van der Waals surface area contributed by atoms with Gasteiger partial charge in [-0.25, -0.2) is 9.97 Å². The van der Waals surface area contributed by atoms with Crippen LogP contribution in [0.5, 0.6) is 0 Å². The highest BCUT2D eigenvalue weighted by molar-refractivity contribution is 5.55. The molecular formula is C14H16N2O. The van der Waals surface area contributed by atoms with Gasteiger partial charge < -0.3 is 5.11 Å². The van der Waals surface area contributed by atoms with Crippen LogP contribution in [-0.2, 0) is 0 Å². The minimum Gasteiger partial charge on any atom is -0.388 e. The van der Waals surface area contributed by atoms with E-state index in [-0.39, 0.29) is 6.10 Å². The summed E-state index contributed by atoms with van der Waals surface area (Å²) in [6.45, 7) is 3.92. The normalized spacial score (nSPS) is 12.4. The van der Waals surface area contributed by atoms with Gasteiger partial charge in [0.05, 0.1) is 6.10 Å². The number of hydrogen-bond donors (Lipinski definition) is 1. The Labute approximate surface area is 101 Å². The van der Waals surface area contributed by atoms with Crippen LogP contribution in [0.2, 0.25) is 0 Å². The van der Waals surface area contributed by atoms with E-state index >= 15 is 0 Å². The first-order chi connectivity index (χ1) is 8.20. The average molecular weight is 228 g/mol. The molecule has 2 aromatic rings. The van der Waals surface area contributed by atoms with Gasteiger partial charge in [-0.3, -0.25) is 0 Å². The van der Waals surface area contributed by atoms with Crippen molar-refractivity contribution >= 4 is 0 Å². The summed E-state index contributed by atoms with van der Waals surface area (Å²) in [6, 6.07) is 7.73. The minimum absolute atomic E-state index is 0.386. The Balaban J connectivity index is 2.26. The summed E-state index contributed by atoms with van der Waals surface area (Å²) >= 11 is 0. The van der Waals surface area contributed by atoms with Gasteiger partial charge in [0.25, 0.3) is 0 Å². The summed E-state index contributed by atoms with van der Waals surface area (Å²) in [6.07, 6.45) is 3.94. The molecule has 1 N–H and O–H groups in total. The van der Waals surface area contributed by atoms with Crippen LogP contribution >= 0.6 is 0 Å². The molecule has 1 atom stereocenters. The maximum Gasteiger partial charge on any atom is 0.159 e. The van der Waals surface area contributed by atoms with Crippen molar-refractivity contribution in [1.29, 1.82) is 0 Å². The highest BCUT2D eigenvalue weighted by Gasteiger charge is 2.05. The number of hydrogen-bond acceptors (Lipinski definition) is 3. The highest BCUT2D eigenvalue weighted by atomic mass is 16.3. The molecule has 0 aliphatic heterocycles. The van der Waals surface area contributed by atoms with E-state index in [9.17, 15) is 5.11 Å². The second-order valence-corrected chi connectivity index (χ2v) is 4.13. The predicted octanol–water partition coefficient (Wildman–Crippen LogP) is 2.90. The van der Waals surface area contributed by atoms with Crippen molar-refractivity contribution in [3.8, 4) is 11.4 Å². The number of aliphatic hydroxyl groups is 1. The van der Waals surface area contributed by atoms with Crippen molar-refractivity contribution in [1.82, 2.24) is 9.97 Å². The molecule has 1 heterocycles. The molecule has 3 nitrogen and oxygen atoms in total. The van der Waals surface area contributed by atoms with Crippen LogP contribution < -0.4 is 0 Å². The van der Waals surface area contributed by atoms with E-state index in [1.54, 1.807) is 12.4 Å². The van der Waals surface area contributed by atoms with Crippen LogP contribution in [0.15, 0.2) is 36.7 Å². The molecule has 0 radical (unpaired) electrons. The van der Waals surface area contributed by atoms with Crippen molar-refractivity contribution in [3.05, 3.63) is 47.8 Å². The monoisotopic (exact) mass is 228 g/mol. The second-order valence-electron chi connectivity index (χ2n) is 4.13. The molecular weight excluding hydrogens is 212 g/mol. The lowest BCUT2D eigenvalue weighted by atomic mass is 10.1. The van der Waals surface area contributed by atoms with Gasteiger partial charge in [-0.1, -0.05) is 31.2 Å². The first-order valence-electron chi connectivity index (χ1n) is 5.77. The Morgan fingerprint density at radius 3 is 2.24 bits per heavy atom. The number of aromatic nitrogens is 2. The van der Waals surface area contributed by atoms with E-state index in [0.717, 1.165) is 23.1 Å². The fraction of sp³-hybridized carbons (Fsp3) is 0.286. The lowest BCUT2D eigenvalue weighted by Crippen LogP contribution is -1.95. The van der Waals surface area contributed by atoms with Crippen LogP contribution in [0.3, 0.4) is 0 Å². The van der Waals surface area contributed by atoms with Crippen LogP contribution in [0.25, 0.3) is 11.4 Å². The zero-order valence-electron chi connectivity index (χ0n) is 10.1. The Bertz CT molecular complexity index is 477. The van der Waals surface area contributed by atoms with E-state index in [2.05, 4.69) is 9.97 Å². The van der Waals surface area contributed by atoms with Gasteiger partial charge in [0.1, 0.15) is 0 Å². The molecule has 2 rings (SSSR count). The number of aryl methyl sites for hydroxylation is 1. The summed E-state index contributed by atoms with van der Waals surface area (Å²) in [7, 11) is 0. The molecule has 1 aromatic heterocycles. The summed E-state index contributed by atoms with van der Waals surface area (Å²) in [4.78, 5) is 8.54. The van der Waals surface area contributed by atoms with Crippen molar-refractivity contribution in [2.45, 2.75) is 26.4 Å². The molecule has 0 saturated heterocycles.